The van der Waals surface area contributed by atoms with Crippen molar-refractivity contribution in [2.75, 3.05) is 0 Å². The molecule has 0 spiro atoms. The molecule has 0 aromatic heterocycles. The second-order valence-corrected chi connectivity index (χ2v) is 7.70. The first-order chi connectivity index (χ1) is 16.8. The minimum atomic E-state index is 0.0965. The van der Waals surface area contributed by atoms with Gasteiger partial charge in [-0.1, -0.05) is 109 Å². The SMILES string of the molecule is N#CC(C#N)=c1ccc(=c2ccccc2=C2N=C(c3ccccc3)C(c3ccccc3)=N2)cc1. The van der Waals surface area contributed by atoms with Gasteiger partial charge in [-0.15, -0.1) is 0 Å². The first kappa shape index (κ1) is 20.8. The normalized spacial score (nSPS) is 12.4. The molecule has 34 heavy (non-hydrogen) atoms. The van der Waals surface area contributed by atoms with Crippen LogP contribution in [0.25, 0.3) is 11.4 Å². The Morgan fingerprint density at radius 2 is 1.00 bits per heavy atom. The van der Waals surface area contributed by atoms with Gasteiger partial charge >= 0.3 is 0 Å². The highest BCUT2D eigenvalue weighted by Crippen LogP contribution is 2.20. The van der Waals surface area contributed by atoms with Crippen molar-refractivity contribution in [2.45, 2.75) is 0 Å². The van der Waals surface area contributed by atoms with E-state index in [4.69, 9.17) is 20.5 Å². The fourth-order valence-corrected chi connectivity index (χ4v) is 3.96. The van der Waals surface area contributed by atoms with Gasteiger partial charge in [0, 0.05) is 21.6 Å². The van der Waals surface area contributed by atoms with Crippen molar-refractivity contribution in [3.63, 3.8) is 0 Å². The Bertz CT molecular complexity index is 1660. The summed E-state index contributed by atoms with van der Waals surface area (Å²) >= 11 is 0. The molecule has 158 valence electrons. The number of hydrogen-bond donors (Lipinski definition) is 0. The summed E-state index contributed by atoms with van der Waals surface area (Å²) in [6.45, 7) is 0. The topological polar surface area (TPSA) is 72.3 Å². The fraction of sp³-hybridized carbons (Fsp3) is 0. The zero-order chi connectivity index (χ0) is 23.3. The molecule has 0 saturated carbocycles. The van der Waals surface area contributed by atoms with Crippen molar-refractivity contribution in [3.8, 4) is 12.1 Å². The van der Waals surface area contributed by atoms with Crippen LogP contribution in [0.5, 0.6) is 0 Å². The molecule has 1 heterocycles. The highest BCUT2D eigenvalue weighted by atomic mass is 15.0. The number of nitriles is 2. The van der Waals surface area contributed by atoms with E-state index < -0.39 is 0 Å². The van der Waals surface area contributed by atoms with E-state index in [2.05, 4.69) is 0 Å². The zero-order valence-corrected chi connectivity index (χ0v) is 18.2. The Labute approximate surface area is 196 Å². The van der Waals surface area contributed by atoms with Gasteiger partial charge in [-0.25, -0.2) is 9.98 Å². The highest BCUT2D eigenvalue weighted by Gasteiger charge is 2.20. The summed E-state index contributed by atoms with van der Waals surface area (Å²) in [6, 6.07) is 39.5. The van der Waals surface area contributed by atoms with Gasteiger partial charge in [0.2, 0.25) is 0 Å². The van der Waals surface area contributed by atoms with Gasteiger partial charge in [-0.3, -0.25) is 0 Å². The molecule has 0 aliphatic carbocycles. The van der Waals surface area contributed by atoms with Crippen LogP contribution in [0.1, 0.15) is 11.1 Å². The molecule has 4 heteroatoms. The van der Waals surface area contributed by atoms with Crippen LogP contribution in [-0.4, -0.2) is 11.4 Å². The van der Waals surface area contributed by atoms with Gasteiger partial charge in [-0.2, -0.15) is 10.5 Å². The third kappa shape index (κ3) is 3.93. The maximum atomic E-state index is 9.15. The molecular formula is C30H18N4. The molecule has 0 unspecified atom stereocenters. The molecule has 0 amide bonds. The minimum absolute atomic E-state index is 0.0965. The fourth-order valence-electron chi connectivity index (χ4n) is 3.96. The Kier molecular flexibility index (Phi) is 5.64. The first-order valence-electron chi connectivity index (χ1n) is 10.8. The number of hydrogen-bond acceptors (Lipinski definition) is 4. The summed E-state index contributed by atoms with van der Waals surface area (Å²) in [6.07, 6.45) is 0. The van der Waals surface area contributed by atoms with Crippen LogP contribution in [0, 0.1) is 33.1 Å². The van der Waals surface area contributed by atoms with E-state index in [-0.39, 0.29) is 5.57 Å². The van der Waals surface area contributed by atoms with E-state index in [0.717, 1.165) is 38.2 Å². The van der Waals surface area contributed by atoms with Crippen LogP contribution < -0.4 is 10.4 Å². The van der Waals surface area contributed by atoms with Crippen LogP contribution in [0.2, 0.25) is 0 Å². The number of rotatable bonds is 2. The number of benzene rings is 4. The van der Waals surface area contributed by atoms with E-state index in [0.29, 0.717) is 11.0 Å². The van der Waals surface area contributed by atoms with Gasteiger partial charge in [0.25, 0.3) is 0 Å². The Balaban J connectivity index is 1.82. The van der Waals surface area contributed by atoms with E-state index in [1.165, 1.54) is 0 Å². The molecule has 0 atom stereocenters. The molecule has 4 aromatic carbocycles. The molecule has 5 rings (SSSR count). The third-order valence-electron chi connectivity index (χ3n) is 5.63. The minimum Gasteiger partial charge on any atom is -0.226 e. The highest BCUT2D eigenvalue weighted by molar-refractivity contribution is 6.55. The first-order valence-corrected chi connectivity index (χ1v) is 10.8. The van der Waals surface area contributed by atoms with Crippen molar-refractivity contribution in [2.24, 2.45) is 9.98 Å². The summed E-state index contributed by atoms with van der Waals surface area (Å²) < 4.78 is 0. The maximum absolute atomic E-state index is 9.15. The molecule has 1 aliphatic rings. The molecule has 0 N–H and O–H groups in total. The summed E-state index contributed by atoms with van der Waals surface area (Å²) in [5, 5.41) is 21.8. The molecule has 0 saturated heterocycles. The third-order valence-corrected chi connectivity index (χ3v) is 5.63. The summed E-state index contributed by atoms with van der Waals surface area (Å²) in [7, 11) is 0. The monoisotopic (exact) mass is 434 g/mol. The average molecular weight is 435 g/mol. The zero-order valence-electron chi connectivity index (χ0n) is 18.2. The lowest BCUT2D eigenvalue weighted by atomic mass is 10.0. The molecule has 0 radical (unpaired) electrons. The van der Waals surface area contributed by atoms with Crippen molar-refractivity contribution in [1.29, 1.82) is 10.5 Å². The largest absolute Gasteiger partial charge is 0.226 e. The van der Waals surface area contributed by atoms with Crippen LogP contribution >= 0.6 is 0 Å². The van der Waals surface area contributed by atoms with E-state index in [9.17, 15) is 0 Å². The lowest BCUT2D eigenvalue weighted by Crippen LogP contribution is -2.13. The second kappa shape index (κ2) is 9.20. The van der Waals surface area contributed by atoms with Gasteiger partial charge in [0.15, 0.2) is 5.82 Å². The Morgan fingerprint density at radius 1 is 0.529 bits per heavy atom. The van der Waals surface area contributed by atoms with Crippen molar-refractivity contribution >= 4 is 22.8 Å². The van der Waals surface area contributed by atoms with E-state index >= 15 is 0 Å². The average Bonchev–Trinajstić information content (AvgIpc) is 3.36. The lowest BCUT2D eigenvalue weighted by molar-refractivity contribution is 1.35. The predicted molar refractivity (Wildman–Crippen MR) is 134 cm³/mol. The van der Waals surface area contributed by atoms with Crippen molar-refractivity contribution in [3.05, 3.63) is 141 Å². The number of aliphatic imine (C=N–C) groups is 2. The Hall–Kier alpha value is -5.06. The lowest BCUT2D eigenvalue weighted by Gasteiger charge is -2.04. The quantitative estimate of drug-likeness (QED) is 0.474. The standard InChI is InChI=1S/C30H18N4/c31-19-25(20-32)21-15-17-22(18-16-21)26-13-7-8-14-27(26)30-33-28(23-9-3-1-4-10-23)29(34-30)24-11-5-2-6-12-24/h1-18H. The van der Waals surface area contributed by atoms with Crippen LogP contribution in [0.3, 0.4) is 0 Å². The summed E-state index contributed by atoms with van der Waals surface area (Å²) in [5.74, 6) is 0.652. The van der Waals surface area contributed by atoms with Crippen LogP contribution in [0.15, 0.2) is 119 Å². The van der Waals surface area contributed by atoms with Gasteiger partial charge < -0.3 is 0 Å². The van der Waals surface area contributed by atoms with Gasteiger partial charge in [0.1, 0.15) is 17.7 Å². The van der Waals surface area contributed by atoms with Gasteiger partial charge in [-0.05, 0) is 10.4 Å². The summed E-state index contributed by atoms with van der Waals surface area (Å²) in [4.78, 5) is 9.97. The molecular weight excluding hydrogens is 416 g/mol. The van der Waals surface area contributed by atoms with Crippen molar-refractivity contribution in [1.82, 2.24) is 0 Å². The second-order valence-electron chi connectivity index (χ2n) is 7.70. The van der Waals surface area contributed by atoms with E-state index in [1.807, 2.05) is 109 Å². The number of nitrogens with zero attached hydrogens (tertiary/aromatic N) is 4. The molecule has 0 fully saturated rings. The molecule has 4 aromatic rings. The maximum Gasteiger partial charge on any atom is 0.161 e. The molecule has 1 aliphatic heterocycles. The molecule has 0 bridgehead atoms. The smallest absolute Gasteiger partial charge is 0.161 e. The van der Waals surface area contributed by atoms with Gasteiger partial charge in [0.05, 0.1) is 11.4 Å². The summed E-state index contributed by atoms with van der Waals surface area (Å²) in [5.41, 5.74) is 3.80. The van der Waals surface area contributed by atoms with E-state index in [1.54, 1.807) is 12.1 Å². The van der Waals surface area contributed by atoms with Crippen LogP contribution in [0.4, 0.5) is 0 Å². The molecule has 4 nitrogen and oxygen atoms in total. The van der Waals surface area contributed by atoms with Crippen molar-refractivity contribution < 1.29 is 0 Å². The predicted octanol–water partition coefficient (Wildman–Crippen LogP) is 4.23. The van der Waals surface area contributed by atoms with Crippen LogP contribution in [-0.2, 0) is 0 Å². The Morgan fingerprint density at radius 3 is 1.50 bits per heavy atom.